The summed E-state index contributed by atoms with van der Waals surface area (Å²) >= 11 is 3.46. The van der Waals surface area contributed by atoms with Crippen LogP contribution in [0, 0.1) is 6.92 Å². The van der Waals surface area contributed by atoms with Crippen LogP contribution < -0.4 is 10.5 Å². The van der Waals surface area contributed by atoms with Crippen molar-refractivity contribution in [3.63, 3.8) is 0 Å². The Kier molecular flexibility index (Phi) is 4.98. The molecule has 1 aliphatic rings. The number of halogens is 1. The Bertz CT molecular complexity index is 1030. The Labute approximate surface area is 164 Å². The first-order chi connectivity index (χ1) is 13.0. The Hall–Kier alpha value is -2.23. The van der Waals surface area contributed by atoms with Gasteiger partial charge >= 0.3 is 0 Å². The van der Waals surface area contributed by atoms with Gasteiger partial charge in [-0.15, -0.1) is 5.10 Å². The standard InChI is InChI=1S/C18H20BrN5O3/c1-11-7-12(19)3-4-15(11)24-9-14-16(22-24)20-18(21-17(14)25)23-5-6-27-13(8-23)10-26-2/h3-4,7,9,13H,5-6,8,10H2,1-2H3,(H,20,21,22,25). The van der Waals surface area contributed by atoms with E-state index in [1.807, 2.05) is 30.0 Å². The van der Waals surface area contributed by atoms with Crippen molar-refractivity contribution >= 4 is 32.9 Å². The molecule has 1 N–H and O–H groups in total. The van der Waals surface area contributed by atoms with Crippen LogP contribution in [-0.4, -0.2) is 59.3 Å². The summed E-state index contributed by atoms with van der Waals surface area (Å²) in [5.74, 6) is 0.509. The van der Waals surface area contributed by atoms with E-state index in [4.69, 9.17) is 9.47 Å². The number of rotatable bonds is 4. The van der Waals surface area contributed by atoms with Gasteiger partial charge in [0.1, 0.15) is 5.39 Å². The molecule has 0 bridgehead atoms. The number of hydrogen-bond donors (Lipinski definition) is 1. The number of anilines is 1. The van der Waals surface area contributed by atoms with E-state index in [0.717, 1.165) is 15.7 Å². The highest BCUT2D eigenvalue weighted by Crippen LogP contribution is 2.21. The van der Waals surface area contributed by atoms with E-state index in [-0.39, 0.29) is 11.7 Å². The number of aromatic nitrogens is 4. The van der Waals surface area contributed by atoms with Gasteiger partial charge in [0.25, 0.3) is 5.56 Å². The van der Waals surface area contributed by atoms with Crippen molar-refractivity contribution in [1.82, 2.24) is 19.7 Å². The van der Waals surface area contributed by atoms with Gasteiger partial charge in [-0.25, -0.2) is 4.68 Å². The van der Waals surface area contributed by atoms with Crippen LogP contribution in [0.25, 0.3) is 16.7 Å². The summed E-state index contributed by atoms with van der Waals surface area (Å²) in [4.78, 5) is 22.0. The number of H-pyrrole nitrogens is 1. The summed E-state index contributed by atoms with van der Waals surface area (Å²) in [5.41, 5.74) is 2.17. The predicted molar refractivity (Wildman–Crippen MR) is 106 cm³/mol. The molecule has 1 atom stereocenters. The third-order valence-electron chi connectivity index (χ3n) is 4.57. The number of nitrogens with zero attached hydrogens (tertiary/aromatic N) is 4. The number of aromatic amines is 1. The largest absolute Gasteiger partial charge is 0.382 e. The molecule has 142 valence electrons. The molecule has 27 heavy (non-hydrogen) atoms. The van der Waals surface area contributed by atoms with Crippen molar-refractivity contribution in [2.45, 2.75) is 13.0 Å². The summed E-state index contributed by atoms with van der Waals surface area (Å²) in [6.45, 7) is 4.32. The monoisotopic (exact) mass is 433 g/mol. The molecule has 1 saturated heterocycles. The van der Waals surface area contributed by atoms with Gasteiger partial charge in [0.05, 0.1) is 25.0 Å². The van der Waals surface area contributed by atoms with Crippen LogP contribution in [-0.2, 0) is 9.47 Å². The maximum atomic E-state index is 12.6. The predicted octanol–water partition coefficient (Wildman–Crippen LogP) is 2.03. The first-order valence-corrected chi connectivity index (χ1v) is 9.46. The third-order valence-corrected chi connectivity index (χ3v) is 5.07. The van der Waals surface area contributed by atoms with Crippen molar-refractivity contribution < 1.29 is 9.47 Å². The number of aryl methyl sites for hydroxylation is 1. The second-order valence-corrected chi connectivity index (χ2v) is 7.44. The summed E-state index contributed by atoms with van der Waals surface area (Å²) in [6, 6.07) is 5.91. The maximum absolute atomic E-state index is 12.6. The second-order valence-electron chi connectivity index (χ2n) is 6.53. The zero-order valence-corrected chi connectivity index (χ0v) is 16.7. The summed E-state index contributed by atoms with van der Waals surface area (Å²) in [7, 11) is 1.64. The minimum Gasteiger partial charge on any atom is -0.382 e. The average Bonchev–Trinajstić information content (AvgIpc) is 3.06. The molecule has 3 aromatic rings. The zero-order valence-electron chi connectivity index (χ0n) is 15.1. The fourth-order valence-corrected chi connectivity index (χ4v) is 3.73. The summed E-state index contributed by atoms with van der Waals surface area (Å²) < 4.78 is 13.5. The Morgan fingerprint density at radius 3 is 3.07 bits per heavy atom. The van der Waals surface area contributed by atoms with Gasteiger partial charge in [-0.2, -0.15) is 4.98 Å². The highest BCUT2D eigenvalue weighted by atomic mass is 79.9. The quantitative estimate of drug-likeness (QED) is 0.677. The highest BCUT2D eigenvalue weighted by molar-refractivity contribution is 9.10. The van der Waals surface area contributed by atoms with Gasteiger partial charge in [-0.1, -0.05) is 15.9 Å². The van der Waals surface area contributed by atoms with Gasteiger partial charge < -0.3 is 14.4 Å². The molecule has 4 rings (SSSR count). The SMILES string of the molecule is COCC1CN(c2nc3nn(-c4ccc(Br)cc4C)cc3c(=O)[nH]2)CCO1. The first kappa shape index (κ1) is 18.1. The third kappa shape index (κ3) is 3.62. The molecule has 1 fully saturated rings. The van der Waals surface area contributed by atoms with Gasteiger partial charge in [0.15, 0.2) is 5.65 Å². The number of ether oxygens (including phenoxy) is 2. The molecule has 3 heterocycles. The topological polar surface area (TPSA) is 85.3 Å². The van der Waals surface area contributed by atoms with Gasteiger partial charge in [-0.05, 0) is 30.7 Å². The van der Waals surface area contributed by atoms with Crippen LogP contribution in [0.3, 0.4) is 0 Å². The number of hydrogen-bond acceptors (Lipinski definition) is 6. The smallest absolute Gasteiger partial charge is 0.263 e. The lowest BCUT2D eigenvalue weighted by molar-refractivity contribution is -0.0104. The summed E-state index contributed by atoms with van der Waals surface area (Å²) in [5, 5.41) is 4.99. The van der Waals surface area contributed by atoms with Gasteiger partial charge in [-0.3, -0.25) is 9.78 Å². The van der Waals surface area contributed by atoms with E-state index in [0.29, 0.717) is 43.3 Å². The van der Waals surface area contributed by atoms with Gasteiger partial charge in [0, 0.05) is 30.9 Å². The van der Waals surface area contributed by atoms with E-state index in [1.165, 1.54) is 0 Å². The Balaban J connectivity index is 1.70. The first-order valence-electron chi connectivity index (χ1n) is 8.67. The molecule has 0 radical (unpaired) electrons. The van der Waals surface area contributed by atoms with Crippen molar-refractivity contribution in [3.05, 3.63) is 44.8 Å². The minimum absolute atomic E-state index is 0.0484. The molecule has 9 heteroatoms. The number of fused-ring (bicyclic) bond motifs is 1. The molecule has 0 aliphatic carbocycles. The van der Waals surface area contributed by atoms with Crippen molar-refractivity contribution in [2.75, 3.05) is 38.3 Å². The Morgan fingerprint density at radius 2 is 2.30 bits per heavy atom. The zero-order chi connectivity index (χ0) is 19.0. The lowest BCUT2D eigenvalue weighted by Gasteiger charge is -2.32. The normalized spacial score (nSPS) is 17.6. The van der Waals surface area contributed by atoms with Crippen LogP contribution in [0.5, 0.6) is 0 Å². The van der Waals surface area contributed by atoms with E-state index in [2.05, 4.69) is 31.0 Å². The summed E-state index contributed by atoms with van der Waals surface area (Å²) in [6.07, 6.45) is 1.67. The van der Waals surface area contributed by atoms with Crippen LogP contribution in [0.2, 0.25) is 0 Å². The molecule has 1 aliphatic heterocycles. The minimum atomic E-state index is -0.203. The molecule has 0 amide bonds. The van der Waals surface area contributed by atoms with E-state index in [1.54, 1.807) is 18.0 Å². The molecule has 8 nitrogen and oxygen atoms in total. The number of nitrogens with one attached hydrogen (secondary N) is 1. The lowest BCUT2D eigenvalue weighted by atomic mass is 10.2. The van der Waals surface area contributed by atoms with Crippen molar-refractivity contribution in [3.8, 4) is 5.69 Å². The van der Waals surface area contributed by atoms with E-state index >= 15 is 0 Å². The molecule has 2 aromatic heterocycles. The number of methoxy groups -OCH3 is 1. The molecule has 0 spiro atoms. The highest BCUT2D eigenvalue weighted by Gasteiger charge is 2.23. The molecular formula is C18H20BrN5O3. The number of benzene rings is 1. The Morgan fingerprint density at radius 1 is 1.44 bits per heavy atom. The van der Waals surface area contributed by atoms with Crippen LogP contribution in [0.15, 0.2) is 33.7 Å². The average molecular weight is 434 g/mol. The van der Waals surface area contributed by atoms with E-state index in [9.17, 15) is 4.79 Å². The van der Waals surface area contributed by atoms with Crippen molar-refractivity contribution in [2.24, 2.45) is 0 Å². The van der Waals surface area contributed by atoms with Crippen molar-refractivity contribution in [1.29, 1.82) is 0 Å². The fraction of sp³-hybridized carbons (Fsp3) is 0.389. The van der Waals surface area contributed by atoms with Gasteiger partial charge in [0.2, 0.25) is 5.95 Å². The molecular weight excluding hydrogens is 414 g/mol. The lowest BCUT2D eigenvalue weighted by Crippen LogP contribution is -2.45. The van der Waals surface area contributed by atoms with Crippen LogP contribution >= 0.6 is 15.9 Å². The molecule has 1 unspecified atom stereocenters. The van der Waals surface area contributed by atoms with Crippen LogP contribution in [0.1, 0.15) is 5.56 Å². The van der Waals surface area contributed by atoms with Crippen LogP contribution in [0.4, 0.5) is 5.95 Å². The molecule has 0 saturated carbocycles. The number of morpholine rings is 1. The second kappa shape index (κ2) is 7.41. The fourth-order valence-electron chi connectivity index (χ4n) is 3.25. The molecule has 1 aromatic carbocycles. The maximum Gasteiger partial charge on any atom is 0.263 e. The van der Waals surface area contributed by atoms with E-state index < -0.39 is 0 Å².